The molecule has 0 N–H and O–H groups in total. The Morgan fingerprint density at radius 2 is 0.885 bits per heavy atom. The van der Waals surface area contributed by atoms with Crippen molar-refractivity contribution < 1.29 is 4.42 Å². The molecular formula is C46H29N5O. The molecule has 6 nitrogen and oxygen atoms in total. The normalized spacial score (nSPS) is 11.5. The fourth-order valence-corrected chi connectivity index (χ4v) is 7.01. The third-order valence-electron chi connectivity index (χ3n) is 9.52. The molecule has 0 spiro atoms. The molecule has 0 atom stereocenters. The molecule has 0 bridgehead atoms. The van der Waals surface area contributed by atoms with E-state index < -0.39 is 0 Å². The summed E-state index contributed by atoms with van der Waals surface area (Å²) in [5.74, 6) is 2.26. The van der Waals surface area contributed by atoms with Crippen molar-refractivity contribution in [3.05, 3.63) is 176 Å². The molecule has 0 aliphatic heterocycles. The van der Waals surface area contributed by atoms with E-state index in [2.05, 4.69) is 120 Å². The zero-order valence-electron chi connectivity index (χ0n) is 27.9. The minimum absolute atomic E-state index is 0.533. The van der Waals surface area contributed by atoms with Crippen LogP contribution in [0.3, 0.4) is 0 Å². The minimum Gasteiger partial charge on any atom is -0.436 e. The molecule has 244 valence electrons. The molecule has 52 heavy (non-hydrogen) atoms. The van der Waals surface area contributed by atoms with Crippen LogP contribution in [-0.2, 0) is 0 Å². The first-order chi connectivity index (χ1) is 25.8. The second-order valence-corrected chi connectivity index (χ2v) is 12.7. The summed E-state index contributed by atoms with van der Waals surface area (Å²) in [7, 11) is 0. The summed E-state index contributed by atoms with van der Waals surface area (Å²) >= 11 is 0. The molecule has 0 saturated carbocycles. The Morgan fingerprint density at radius 1 is 0.385 bits per heavy atom. The van der Waals surface area contributed by atoms with Crippen molar-refractivity contribution >= 4 is 32.9 Å². The molecule has 3 heterocycles. The number of fused-ring (bicyclic) bond motifs is 4. The highest BCUT2D eigenvalue weighted by Gasteiger charge is 2.21. The number of para-hydroxylation sites is 4. The first-order valence-corrected chi connectivity index (χ1v) is 17.2. The van der Waals surface area contributed by atoms with Gasteiger partial charge in [-0.25, -0.2) is 19.9 Å². The van der Waals surface area contributed by atoms with Crippen LogP contribution in [0.5, 0.6) is 0 Å². The average molecular weight is 668 g/mol. The monoisotopic (exact) mass is 667 g/mol. The highest BCUT2D eigenvalue weighted by molar-refractivity contribution is 6.09. The topological polar surface area (TPSA) is 69.6 Å². The predicted octanol–water partition coefficient (Wildman–Crippen LogP) is 11.4. The Labute approximate surface area is 299 Å². The summed E-state index contributed by atoms with van der Waals surface area (Å²) in [6.07, 6.45) is 0. The lowest BCUT2D eigenvalue weighted by atomic mass is 10.0. The van der Waals surface area contributed by atoms with Crippen molar-refractivity contribution in [2.45, 2.75) is 0 Å². The lowest BCUT2D eigenvalue weighted by Gasteiger charge is -2.15. The quantitative estimate of drug-likeness (QED) is 0.176. The average Bonchev–Trinajstić information content (AvgIpc) is 3.81. The van der Waals surface area contributed by atoms with Gasteiger partial charge in [-0.3, -0.25) is 0 Å². The second-order valence-electron chi connectivity index (χ2n) is 12.7. The molecule has 0 amide bonds. The molecule has 0 aliphatic carbocycles. The fraction of sp³-hybridized carbons (Fsp3) is 0. The molecule has 6 heteroatoms. The zero-order valence-corrected chi connectivity index (χ0v) is 27.9. The Balaban J connectivity index is 1.23. The van der Waals surface area contributed by atoms with Gasteiger partial charge >= 0.3 is 0 Å². The summed E-state index contributed by atoms with van der Waals surface area (Å²) in [4.78, 5) is 20.3. The van der Waals surface area contributed by atoms with Crippen molar-refractivity contribution in [3.8, 4) is 62.4 Å². The standard InChI is InChI=1S/C46H29N5O/c1-3-13-30(14-4-1)31-23-25-33(26-24-31)44-48-43(32-15-5-2-6-16-32)49-45(50-44)37-29-34(46-47-38-19-9-12-22-42(38)52-46)27-28-41(37)51-39-20-10-7-17-35(39)36-18-8-11-21-40(36)51/h1-29H. The summed E-state index contributed by atoms with van der Waals surface area (Å²) in [6, 6.07) is 60.0. The van der Waals surface area contributed by atoms with Gasteiger partial charge in [0.05, 0.1) is 16.7 Å². The van der Waals surface area contributed by atoms with E-state index in [0.717, 1.165) is 61.2 Å². The molecule has 10 rings (SSSR count). The van der Waals surface area contributed by atoms with Crippen LogP contribution in [0, 0.1) is 0 Å². The number of oxazole rings is 1. The summed E-state index contributed by atoms with van der Waals surface area (Å²) in [6.45, 7) is 0. The first-order valence-electron chi connectivity index (χ1n) is 17.2. The van der Waals surface area contributed by atoms with Crippen molar-refractivity contribution in [3.63, 3.8) is 0 Å². The molecule has 0 fully saturated rings. The number of nitrogens with zero attached hydrogens (tertiary/aromatic N) is 5. The maximum atomic E-state index is 6.28. The molecule has 7 aromatic carbocycles. The maximum Gasteiger partial charge on any atom is 0.227 e. The molecular weight excluding hydrogens is 639 g/mol. The lowest BCUT2D eigenvalue weighted by molar-refractivity contribution is 0.620. The summed E-state index contributed by atoms with van der Waals surface area (Å²) in [5.41, 5.74) is 10.4. The first kappa shape index (κ1) is 29.7. The van der Waals surface area contributed by atoms with E-state index >= 15 is 0 Å². The number of benzene rings is 7. The van der Waals surface area contributed by atoms with Crippen LogP contribution < -0.4 is 0 Å². The van der Waals surface area contributed by atoms with Crippen molar-refractivity contribution in [2.24, 2.45) is 0 Å². The van der Waals surface area contributed by atoms with Crippen molar-refractivity contribution in [2.75, 3.05) is 0 Å². The Bertz CT molecular complexity index is 2810. The maximum absolute atomic E-state index is 6.28. The number of hydrogen-bond acceptors (Lipinski definition) is 5. The third kappa shape index (κ3) is 5.13. The van der Waals surface area contributed by atoms with E-state index in [4.69, 9.17) is 24.4 Å². The molecule has 3 aromatic heterocycles. The Hall–Kier alpha value is -7.18. The molecule has 0 saturated heterocycles. The number of aromatic nitrogens is 5. The van der Waals surface area contributed by atoms with Crippen LogP contribution in [0.25, 0.3) is 95.3 Å². The van der Waals surface area contributed by atoms with Crippen LogP contribution in [0.15, 0.2) is 180 Å². The third-order valence-corrected chi connectivity index (χ3v) is 9.52. The van der Waals surface area contributed by atoms with Crippen LogP contribution >= 0.6 is 0 Å². The molecule has 10 aromatic rings. The van der Waals surface area contributed by atoms with Crippen LogP contribution in [0.2, 0.25) is 0 Å². The zero-order chi connectivity index (χ0) is 34.4. The van der Waals surface area contributed by atoms with Crippen LogP contribution in [0.1, 0.15) is 0 Å². The van der Waals surface area contributed by atoms with E-state index in [1.165, 1.54) is 10.8 Å². The highest BCUT2D eigenvalue weighted by atomic mass is 16.3. The highest BCUT2D eigenvalue weighted by Crippen LogP contribution is 2.38. The smallest absolute Gasteiger partial charge is 0.227 e. The molecule has 0 radical (unpaired) electrons. The van der Waals surface area contributed by atoms with Gasteiger partial charge < -0.3 is 8.98 Å². The van der Waals surface area contributed by atoms with Gasteiger partial charge in [0.25, 0.3) is 0 Å². The van der Waals surface area contributed by atoms with E-state index in [1.807, 2.05) is 60.7 Å². The number of rotatable bonds is 6. The second kappa shape index (κ2) is 12.3. The fourth-order valence-electron chi connectivity index (χ4n) is 7.01. The van der Waals surface area contributed by atoms with Gasteiger partial charge in [-0.15, -0.1) is 0 Å². The van der Waals surface area contributed by atoms with Gasteiger partial charge in [0.2, 0.25) is 5.89 Å². The van der Waals surface area contributed by atoms with E-state index in [9.17, 15) is 0 Å². The van der Waals surface area contributed by atoms with E-state index in [0.29, 0.717) is 23.4 Å². The van der Waals surface area contributed by atoms with Gasteiger partial charge in [-0.05, 0) is 53.6 Å². The minimum atomic E-state index is 0.533. The van der Waals surface area contributed by atoms with E-state index in [1.54, 1.807) is 0 Å². The van der Waals surface area contributed by atoms with Crippen LogP contribution in [-0.4, -0.2) is 24.5 Å². The van der Waals surface area contributed by atoms with Crippen molar-refractivity contribution in [1.82, 2.24) is 24.5 Å². The Kier molecular flexibility index (Phi) is 7.03. The number of hydrogen-bond donors (Lipinski definition) is 0. The van der Waals surface area contributed by atoms with Gasteiger partial charge in [-0.1, -0.05) is 133 Å². The summed E-state index contributed by atoms with van der Waals surface area (Å²) < 4.78 is 8.58. The molecule has 0 aliphatic rings. The molecule has 0 unspecified atom stereocenters. The van der Waals surface area contributed by atoms with E-state index in [-0.39, 0.29) is 0 Å². The van der Waals surface area contributed by atoms with Gasteiger partial charge in [0.1, 0.15) is 5.52 Å². The van der Waals surface area contributed by atoms with Gasteiger partial charge in [0.15, 0.2) is 23.1 Å². The predicted molar refractivity (Wildman–Crippen MR) is 209 cm³/mol. The van der Waals surface area contributed by atoms with Crippen molar-refractivity contribution in [1.29, 1.82) is 0 Å². The summed E-state index contributed by atoms with van der Waals surface area (Å²) in [5, 5.41) is 2.35. The van der Waals surface area contributed by atoms with Gasteiger partial charge in [-0.2, -0.15) is 0 Å². The lowest BCUT2D eigenvalue weighted by Crippen LogP contribution is -2.04. The Morgan fingerprint density at radius 3 is 1.56 bits per heavy atom. The van der Waals surface area contributed by atoms with Crippen LogP contribution in [0.4, 0.5) is 0 Å². The largest absolute Gasteiger partial charge is 0.436 e. The SMILES string of the molecule is c1ccc(-c2ccc(-c3nc(-c4ccccc4)nc(-c4cc(-c5nc6ccccc6o5)ccc4-n4c5ccccc5c5ccccc54)n3)cc2)cc1. The van der Waals surface area contributed by atoms with Gasteiger partial charge in [0, 0.05) is 33.0 Å².